The lowest BCUT2D eigenvalue weighted by Crippen LogP contribution is -2.37. The van der Waals surface area contributed by atoms with Crippen LogP contribution < -0.4 is 5.73 Å². The number of aliphatic hydroxyl groups excluding tert-OH is 1. The molecule has 1 aliphatic carbocycles. The third-order valence-electron chi connectivity index (χ3n) is 3.41. The summed E-state index contributed by atoms with van der Waals surface area (Å²) in [7, 11) is 0. The summed E-state index contributed by atoms with van der Waals surface area (Å²) in [5, 5.41) is 9.13. The van der Waals surface area contributed by atoms with Gasteiger partial charge in [-0.05, 0) is 18.4 Å². The van der Waals surface area contributed by atoms with E-state index >= 15 is 0 Å². The van der Waals surface area contributed by atoms with Crippen molar-refractivity contribution in [3.05, 3.63) is 35.9 Å². The zero-order chi connectivity index (χ0) is 13.0. The van der Waals surface area contributed by atoms with Crippen LogP contribution in [0, 0.1) is 0 Å². The second-order valence-corrected chi connectivity index (χ2v) is 5.29. The molecular weight excluding hydrogens is 244 g/mol. The van der Waals surface area contributed by atoms with Crippen LogP contribution in [0.5, 0.6) is 0 Å². The van der Waals surface area contributed by atoms with E-state index in [1.807, 2.05) is 18.2 Å². The van der Waals surface area contributed by atoms with Crippen LogP contribution in [0.3, 0.4) is 0 Å². The van der Waals surface area contributed by atoms with Crippen LogP contribution in [0.2, 0.25) is 0 Å². The van der Waals surface area contributed by atoms with Crippen molar-refractivity contribution in [3.63, 3.8) is 0 Å². The third kappa shape index (κ3) is 3.51. The van der Waals surface area contributed by atoms with Gasteiger partial charge in [0.15, 0.2) is 0 Å². The largest absolute Gasteiger partial charge is 0.395 e. The average molecular weight is 264 g/mol. The summed E-state index contributed by atoms with van der Waals surface area (Å²) < 4.78 is 0. The maximum atomic E-state index is 9.13. The number of hydrogen-bond acceptors (Lipinski definition) is 3. The van der Waals surface area contributed by atoms with E-state index in [4.69, 9.17) is 23.1 Å². The highest BCUT2D eigenvalue weighted by Crippen LogP contribution is 2.29. The lowest BCUT2D eigenvalue weighted by atomic mass is 9.98. The van der Waals surface area contributed by atoms with Crippen LogP contribution in [0.4, 0.5) is 0 Å². The van der Waals surface area contributed by atoms with Crippen molar-refractivity contribution in [2.75, 3.05) is 19.7 Å². The van der Waals surface area contributed by atoms with Gasteiger partial charge in [-0.15, -0.1) is 0 Å². The molecule has 0 saturated heterocycles. The zero-order valence-electron chi connectivity index (χ0n) is 10.5. The molecule has 18 heavy (non-hydrogen) atoms. The molecule has 0 bridgehead atoms. The first kappa shape index (κ1) is 13.5. The van der Waals surface area contributed by atoms with Crippen molar-refractivity contribution in [1.29, 1.82) is 0 Å². The number of aliphatic hydroxyl groups is 1. The molecule has 0 aromatic heterocycles. The van der Waals surface area contributed by atoms with Crippen molar-refractivity contribution in [2.45, 2.75) is 24.8 Å². The molecule has 1 aromatic carbocycles. The number of nitrogens with zero attached hydrogens (tertiary/aromatic N) is 1. The lowest BCUT2D eigenvalue weighted by Gasteiger charge is -2.26. The number of nitrogens with two attached hydrogens (primary N) is 1. The number of thiocarbonyl (C=S) groups is 1. The van der Waals surface area contributed by atoms with Gasteiger partial charge in [-0.1, -0.05) is 42.5 Å². The van der Waals surface area contributed by atoms with Crippen molar-refractivity contribution < 1.29 is 5.11 Å². The molecule has 0 radical (unpaired) electrons. The van der Waals surface area contributed by atoms with Crippen LogP contribution in [-0.2, 0) is 0 Å². The van der Waals surface area contributed by atoms with E-state index in [-0.39, 0.29) is 12.5 Å². The molecule has 0 heterocycles. The monoisotopic (exact) mass is 264 g/mol. The van der Waals surface area contributed by atoms with E-state index in [0.717, 1.165) is 12.1 Å². The average Bonchev–Trinajstić information content (AvgIpc) is 3.19. The predicted octanol–water partition coefficient (Wildman–Crippen LogP) is 1.51. The van der Waals surface area contributed by atoms with Crippen molar-refractivity contribution in [2.24, 2.45) is 5.73 Å². The number of hydrogen-bond donors (Lipinski definition) is 2. The quantitative estimate of drug-likeness (QED) is 0.733. The molecule has 1 saturated carbocycles. The molecule has 0 aliphatic heterocycles. The fraction of sp³-hybridized carbons (Fsp3) is 0.500. The second-order valence-electron chi connectivity index (χ2n) is 4.82. The van der Waals surface area contributed by atoms with Gasteiger partial charge >= 0.3 is 0 Å². The second kappa shape index (κ2) is 6.27. The first-order valence-electron chi connectivity index (χ1n) is 6.41. The van der Waals surface area contributed by atoms with Crippen molar-refractivity contribution >= 4 is 17.2 Å². The van der Waals surface area contributed by atoms with Crippen LogP contribution in [-0.4, -0.2) is 40.7 Å². The molecule has 1 unspecified atom stereocenters. The highest BCUT2D eigenvalue weighted by Gasteiger charge is 2.31. The van der Waals surface area contributed by atoms with Gasteiger partial charge in [0.2, 0.25) is 0 Å². The van der Waals surface area contributed by atoms with Gasteiger partial charge in [-0.25, -0.2) is 0 Å². The van der Waals surface area contributed by atoms with E-state index in [1.165, 1.54) is 12.8 Å². The van der Waals surface area contributed by atoms with Crippen LogP contribution >= 0.6 is 12.2 Å². The molecule has 98 valence electrons. The summed E-state index contributed by atoms with van der Waals surface area (Å²) in [6.45, 7) is 1.70. The maximum absolute atomic E-state index is 9.13. The molecule has 0 amide bonds. The van der Waals surface area contributed by atoms with Gasteiger partial charge in [0.1, 0.15) is 0 Å². The Morgan fingerprint density at radius 2 is 2.06 bits per heavy atom. The van der Waals surface area contributed by atoms with E-state index in [1.54, 1.807) is 0 Å². The van der Waals surface area contributed by atoms with E-state index in [9.17, 15) is 0 Å². The Balaban J connectivity index is 2.08. The third-order valence-corrected chi connectivity index (χ3v) is 3.70. The van der Waals surface area contributed by atoms with Gasteiger partial charge in [-0.3, -0.25) is 4.90 Å². The highest BCUT2D eigenvalue weighted by atomic mass is 32.1. The van der Waals surface area contributed by atoms with Crippen LogP contribution in [0.15, 0.2) is 30.3 Å². The lowest BCUT2D eigenvalue weighted by molar-refractivity contribution is 0.188. The number of rotatable bonds is 7. The van der Waals surface area contributed by atoms with E-state index < -0.39 is 0 Å². The van der Waals surface area contributed by atoms with Crippen LogP contribution in [0.1, 0.15) is 24.3 Å². The minimum absolute atomic E-state index is 0.0772. The summed E-state index contributed by atoms with van der Waals surface area (Å²) in [5.74, 6) is 0.0772. The van der Waals surface area contributed by atoms with Crippen molar-refractivity contribution in [1.82, 2.24) is 4.90 Å². The molecule has 1 aliphatic rings. The van der Waals surface area contributed by atoms with Gasteiger partial charge in [0.25, 0.3) is 0 Å². The molecule has 3 nitrogen and oxygen atoms in total. The molecular formula is C14H20N2OS. The molecule has 2 rings (SSSR count). The van der Waals surface area contributed by atoms with Crippen molar-refractivity contribution in [3.8, 4) is 0 Å². The Labute approximate surface area is 114 Å². The zero-order valence-corrected chi connectivity index (χ0v) is 11.3. The molecule has 1 atom stereocenters. The summed E-state index contributed by atoms with van der Waals surface area (Å²) >= 11 is 5.20. The summed E-state index contributed by atoms with van der Waals surface area (Å²) in [6, 6.07) is 10.7. The SMILES string of the molecule is NC(=S)C(CN(CCO)C1CC1)c1ccccc1. The predicted molar refractivity (Wildman–Crippen MR) is 77.6 cm³/mol. The Kier molecular flexibility index (Phi) is 4.69. The van der Waals surface area contributed by atoms with Crippen LogP contribution in [0.25, 0.3) is 0 Å². The maximum Gasteiger partial charge on any atom is 0.0816 e. The Morgan fingerprint density at radius 1 is 1.39 bits per heavy atom. The molecule has 1 fully saturated rings. The normalized spacial score (nSPS) is 16.8. The molecule has 4 heteroatoms. The Bertz CT molecular complexity index is 392. The van der Waals surface area contributed by atoms with E-state index in [2.05, 4.69) is 17.0 Å². The highest BCUT2D eigenvalue weighted by molar-refractivity contribution is 7.80. The van der Waals surface area contributed by atoms with Gasteiger partial charge < -0.3 is 10.8 Å². The Hall–Kier alpha value is -0.970. The molecule has 3 N–H and O–H groups in total. The minimum Gasteiger partial charge on any atom is -0.395 e. The molecule has 1 aromatic rings. The van der Waals surface area contributed by atoms with Gasteiger partial charge in [-0.2, -0.15) is 0 Å². The topological polar surface area (TPSA) is 49.5 Å². The number of benzene rings is 1. The first-order chi connectivity index (χ1) is 8.72. The smallest absolute Gasteiger partial charge is 0.0816 e. The first-order valence-corrected chi connectivity index (χ1v) is 6.82. The standard InChI is InChI=1S/C14H20N2OS/c15-14(18)13(11-4-2-1-3-5-11)10-16(8-9-17)12-6-7-12/h1-5,12-13,17H,6-10H2,(H2,15,18). The van der Waals surface area contributed by atoms with E-state index in [0.29, 0.717) is 17.6 Å². The minimum atomic E-state index is 0.0772. The fourth-order valence-corrected chi connectivity index (χ4v) is 2.48. The summed E-state index contributed by atoms with van der Waals surface area (Å²) in [6.07, 6.45) is 2.44. The molecule has 0 spiro atoms. The Morgan fingerprint density at radius 3 is 2.56 bits per heavy atom. The summed E-state index contributed by atoms with van der Waals surface area (Å²) in [5.41, 5.74) is 7.04. The summed E-state index contributed by atoms with van der Waals surface area (Å²) in [4.78, 5) is 2.83. The van der Waals surface area contributed by atoms with Gasteiger partial charge in [0, 0.05) is 25.0 Å². The fourth-order valence-electron chi connectivity index (χ4n) is 2.27. The van der Waals surface area contributed by atoms with Gasteiger partial charge in [0.05, 0.1) is 11.6 Å².